The lowest BCUT2D eigenvalue weighted by atomic mass is 10.1. The van der Waals surface area contributed by atoms with Crippen LogP contribution in [-0.4, -0.2) is 36.9 Å². The number of rotatable bonds is 3. The summed E-state index contributed by atoms with van der Waals surface area (Å²) in [5.74, 6) is 0.345. The molecule has 0 saturated carbocycles. The molecule has 3 rings (SSSR count). The molecule has 1 fully saturated rings. The number of amides is 1. The molecule has 0 N–H and O–H groups in total. The van der Waals surface area contributed by atoms with Crippen molar-refractivity contribution >= 4 is 5.91 Å². The monoisotopic (exact) mass is 343 g/mol. The van der Waals surface area contributed by atoms with Gasteiger partial charge in [0.2, 0.25) is 0 Å². The summed E-state index contributed by atoms with van der Waals surface area (Å²) in [6.45, 7) is 11.4. The van der Waals surface area contributed by atoms with Crippen LogP contribution in [0.5, 0.6) is 0 Å². The zero-order valence-corrected chi connectivity index (χ0v) is 16.2. The number of likely N-dealkylation sites (tertiary alicyclic amines) is 1. The Bertz CT molecular complexity index is 765. The molecule has 0 aromatic carbocycles. The van der Waals surface area contributed by atoms with Gasteiger partial charge in [-0.3, -0.25) is 14.2 Å². The van der Waals surface area contributed by atoms with Gasteiger partial charge in [0.05, 0.1) is 17.8 Å². The molecule has 1 amide bonds. The maximum atomic E-state index is 13.2. The maximum Gasteiger partial charge on any atom is 0.274 e. The van der Waals surface area contributed by atoms with Crippen LogP contribution in [0.1, 0.15) is 81.2 Å². The molecular formula is C19H29N5O. The lowest BCUT2D eigenvalue weighted by Gasteiger charge is -2.24. The van der Waals surface area contributed by atoms with Crippen LogP contribution >= 0.6 is 0 Å². The van der Waals surface area contributed by atoms with Crippen molar-refractivity contribution < 1.29 is 4.79 Å². The standard InChI is InChI=1S/C19H29N5O/c1-13(2)17-10-15(21-24(17)19(3,4)5)18(25)23-9-7-8-16(23)14-11-20-22(6)12-14/h10-13,16H,7-9H2,1-6H3/t16-/m0/s1. The van der Waals surface area contributed by atoms with Gasteiger partial charge in [-0.1, -0.05) is 13.8 Å². The fourth-order valence-electron chi connectivity index (χ4n) is 3.56. The van der Waals surface area contributed by atoms with Crippen LogP contribution in [0.25, 0.3) is 0 Å². The van der Waals surface area contributed by atoms with E-state index in [0.717, 1.165) is 30.6 Å². The Morgan fingerprint density at radius 2 is 2.04 bits per heavy atom. The van der Waals surface area contributed by atoms with Crippen molar-refractivity contribution in [1.82, 2.24) is 24.5 Å². The first-order valence-electron chi connectivity index (χ1n) is 9.08. The average molecular weight is 343 g/mol. The number of carbonyl (C=O) groups excluding carboxylic acids is 1. The molecule has 0 unspecified atom stereocenters. The minimum atomic E-state index is -0.147. The summed E-state index contributed by atoms with van der Waals surface area (Å²) in [7, 11) is 1.91. The Balaban J connectivity index is 1.92. The molecule has 6 nitrogen and oxygen atoms in total. The normalized spacial score (nSPS) is 18.4. The van der Waals surface area contributed by atoms with Crippen LogP contribution in [0.4, 0.5) is 0 Å². The summed E-state index contributed by atoms with van der Waals surface area (Å²) in [6, 6.07) is 2.07. The summed E-state index contributed by atoms with van der Waals surface area (Å²) in [5.41, 5.74) is 2.61. The topological polar surface area (TPSA) is 56.0 Å². The van der Waals surface area contributed by atoms with Gasteiger partial charge < -0.3 is 4.90 Å². The zero-order chi connectivity index (χ0) is 18.4. The van der Waals surface area contributed by atoms with Crippen LogP contribution < -0.4 is 0 Å². The van der Waals surface area contributed by atoms with Crippen LogP contribution in [0.15, 0.2) is 18.5 Å². The Kier molecular flexibility index (Phi) is 4.47. The number of aromatic nitrogens is 4. The fourth-order valence-corrected chi connectivity index (χ4v) is 3.56. The van der Waals surface area contributed by atoms with Crippen molar-refractivity contribution in [2.75, 3.05) is 6.54 Å². The highest BCUT2D eigenvalue weighted by Crippen LogP contribution is 2.33. The second kappa shape index (κ2) is 6.32. The van der Waals surface area contributed by atoms with Crippen molar-refractivity contribution in [3.05, 3.63) is 35.4 Å². The van der Waals surface area contributed by atoms with Gasteiger partial charge in [-0.25, -0.2) is 0 Å². The maximum absolute atomic E-state index is 13.2. The molecule has 1 aliphatic rings. The summed E-state index contributed by atoms with van der Waals surface area (Å²) in [4.78, 5) is 15.1. The van der Waals surface area contributed by atoms with E-state index in [2.05, 4.69) is 44.8 Å². The second-order valence-electron chi connectivity index (χ2n) is 8.30. The van der Waals surface area contributed by atoms with Gasteiger partial charge in [0.25, 0.3) is 5.91 Å². The molecule has 1 aliphatic heterocycles. The van der Waals surface area contributed by atoms with Gasteiger partial charge >= 0.3 is 0 Å². The molecular weight excluding hydrogens is 314 g/mol. The quantitative estimate of drug-likeness (QED) is 0.857. The van der Waals surface area contributed by atoms with Crippen molar-refractivity contribution in [3.8, 4) is 0 Å². The first-order chi connectivity index (χ1) is 11.7. The van der Waals surface area contributed by atoms with Crippen LogP contribution in [0, 0.1) is 0 Å². The highest BCUT2D eigenvalue weighted by Gasteiger charge is 2.33. The molecule has 0 bridgehead atoms. The molecule has 1 saturated heterocycles. The minimum Gasteiger partial charge on any atom is -0.330 e. The van der Waals surface area contributed by atoms with Crippen molar-refractivity contribution in [1.29, 1.82) is 0 Å². The second-order valence-corrected chi connectivity index (χ2v) is 8.30. The van der Waals surface area contributed by atoms with Crippen LogP contribution in [0.3, 0.4) is 0 Å². The van der Waals surface area contributed by atoms with Gasteiger partial charge in [0.15, 0.2) is 5.69 Å². The first kappa shape index (κ1) is 17.7. The smallest absolute Gasteiger partial charge is 0.274 e. The van der Waals surface area contributed by atoms with Crippen molar-refractivity contribution in [2.24, 2.45) is 7.05 Å². The van der Waals surface area contributed by atoms with Crippen molar-refractivity contribution in [3.63, 3.8) is 0 Å². The minimum absolute atomic E-state index is 0.0243. The average Bonchev–Trinajstić information content (AvgIpc) is 3.23. The Morgan fingerprint density at radius 1 is 1.32 bits per heavy atom. The SMILES string of the molecule is CC(C)c1cc(C(=O)N2CCC[C@H]2c2cnn(C)c2)nn1C(C)(C)C. The molecule has 0 aliphatic carbocycles. The molecule has 2 aromatic rings. The predicted octanol–water partition coefficient (Wildman–Crippen LogP) is 3.47. The molecule has 0 radical (unpaired) electrons. The van der Waals surface area contributed by atoms with E-state index in [1.54, 1.807) is 4.68 Å². The number of aryl methyl sites for hydroxylation is 1. The van der Waals surface area contributed by atoms with E-state index in [-0.39, 0.29) is 17.5 Å². The predicted molar refractivity (Wildman–Crippen MR) is 97.5 cm³/mol. The van der Waals surface area contributed by atoms with E-state index in [1.165, 1.54) is 0 Å². The first-order valence-corrected chi connectivity index (χ1v) is 9.08. The molecule has 3 heterocycles. The van der Waals surface area contributed by atoms with Crippen molar-refractivity contribution in [2.45, 2.75) is 65.0 Å². The molecule has 136 valence electrons. The zero-order valence-electron chi connectivity index (χ0n) is 16.2. The Labute approximate surface area is 149 Å². The third-order valence-corrected chi connectivity index (χ3v) is 4.81. The van der Waals surface area contributed by atoms with E-state index >= 15 is 0 Å². The highest BCUT2D eigenvalue weighted by molar-refractivity contribution is 5.93. The molecule has 0 spiro atoms. The Hall–Kier alpha value is -2.11. The lowest BCUT2D eigenvalue weighted by molar-refractivity contribution is 0.0728. The highest BCUT2D eigenvalue weighted by atomic mass is 16.2. The molecule has 1 atom stereocenters. The lowest BCUT2D eigenvalue weighted by Crippen LogP contribution is -2.31. The number of nitrogens with zero attached hydrogens (tertiary/aromatic N) is 5. The van der Waals surface area contributed by atoms with Crippen LogP contribution in [0.2, 0.25) is 0 Å². The van der Waals surface area contributed by atoms with E-state index in [1.807, 2.05) is 35.1 Å². The van der Waals surface area contributed by atoms with Gasteiger partial charge in [-0.05, 0) is 45.6 Å². The summed E-state index contributed by atoms with van der Waals surface area (Å²) in [5, 5.41) is 8.95. The molecule has 2 aromatic heterocycles. The van der Waals surface area contributed by atoms with Gasteiger partial charge in [-0.15, -0.1) is 0 Å². The van der Waals surface area contributed by atoms with Gasteiger partial charge in [-0.2, -0.15) is 10.2 Å². The molecule has 25 heavy (non-hydrogen) atoms. The van der Waals surface area contributed by atoms with Gasteiger partial charge in [0.1, 0.15) is 0 Å². The third-order valence-electron chi connectivity index (χ3n) is 4.81. The third kappa shape index (κ3) is 3.34. The summed E-state index contributed by atoms with van der Waals surface area (Å²) >= 11 is 0. The molecule has 6 heteroatoms. The van der Waals surface area contributed by atoms with Crippen LogP contribution in [-0.2, 0) is 12.6 Å². The van der Waals surface area contributed by atoms with E-state index in [0.29, 0.717) is 11.6 Å². The largest absolute Gasteiger partial charge is 0.330 e. The summed E-state index contributed by atoms with van der Waals surface area (Å²) in [6.07, 6.45) is 5.86. The number of hydrogen-bond donors (Lipinski definition) is 0. The Morgan fingerprint density at radius 3 is 2.56 bits per heavy atom. The van der Waals surface area contributed by atoms with E-state index in [4.69, 9.17) is 0 Å². The number of carbonyl (C=O) groups is 1. The number of hydrogen-bond acceptors (Lipinski definition) is 3. The van der Waals surface area contributed by atoms with E-state index < -0.39 is 0 Å². The summed E-state index contributed by atoms with van der Waals surface area (Å²) < 4.78 is 3.79. The van der Waals surface area contributed by atoms with E-state index in [9.17, 15) is 4.79 Å². The fraction of sp³-hybridized carbons (Fsp3) is 0.632. The van der Waals surface area contributed by atoms with Gasteiger partial charge in [0, 0.05) is 31.0 Å².